The minimum Gasteiger partial charge on any atom is -0.493 e. The fourth-order valence-electron chi connectivity index (χ4n) is 1.61. The SMILES string of the molecule is COc1cc(C(=O)O)cc(Br)c1OCc1cc(C)no1. The van der Waals surface area contributed by atoms with Crippen LogP contribution < -0.4 is 9.47 Å². The zero-order valence-electron chi connectivity index (χ0n) is 10.8. The average Bonchev–Trinajstić information content (AvgIpc) is 2.82. The molecule has 1 aromatic carbocycles. The highest BCUT2D eigenvalue weighted by atomic mass is 79.9. The summed E-state index contributed by atoms with van der Waals surface area (Å²) in [7, 11) is 1.44. The smallest absolute Gasteiger partial charge is 0.335 e. The molecule has 1 heterocycles. The van der Waals surface area contributed by atoms with E-state index >= 15 is 0 Å². The number of carbonyl (C=O) groups is 1. The largest absolute Gasteiger partial charge is 0.493 e. The van der Waals surface area contributed by atoms with Gasteiger partial charge >= 0.3 is 5.97 Å². The summed E-state index contributed by atoms with van der Waals surface area (Å²) in [6.45, 7) is 1.98. The fourth-order valence-corrected chi connectivity index (χ4v) is 2.17. The Kier molecular flexibility index (Phi) is 4.29. The number of aromatic carboxylic acids is 1. The van der Waals surface area contributed by atoms with Crippen LogP contribution >= 0.6 is 15.9 Å². The Balaban J connectivity index is 2.24. The van der Waals surface area contributed by atoms with E-state index in [1.165, 1.54) is 19.2 Å². The highest BCUT2D eigenvalue weighted by Gasteiger charge is 2.15. The first-order valence-electron chi connectivity index (χ1n) is 5.67. The zero-order valence-corrected chi connectivity index (χ0v) is 12.4. The van der Waals surface area contributed by atoms with Gasteiger partial charge in [0.15, 0.2) is 17.3 Å². The molecule has 0 aliphatic rings. The van der Waals surface area contributed by atoms with E-state index in [1.807, 2.05) is 6.92 Å². The molecule has 1 aromatic heterocycles. The van der Waals surface area contributed by atoms with Gasteiger partial charge in [0, 0.05) is 6.07 Å². The molecule has 0 radical (unpaired) electrons. The van der Waals surface area contributed by atoms with Crippen LogP contribution in [0.2, 0.25) is 0 Å². The summed E-state index contributed by atoms with van der Waals surface area (Å²) in [5.41, 5.74) is 0.868. The van der Waals surface area contributed by atoms with E-state index in [0.29, 0.717) is 21.7 Å². The van der Waals surface area contributed by atoms with Crippen molar-refractivity contribution in [3.63, 3.8) is 0 Å². The number of halogens is 1. The van der Waals surface area contributed by atoms with Crippen molar-refractivity contribution in [3.05, 3.63) is 39.7 Å². The highest BCUT2D eigenvalue weighted by Crippen LogP contribution is 2.37. The average molecular weight is 342 g/mol. The quantitative estimate of drug-likeness (QED) is 0.899. The Morgan fingerprint density at radius 1 is 1.45 bits per heavy atom. The number of carboxylic acids is 1. The molecule has 0 spiro atoms. The van der Waals surface area contributed by atoms with Crippen LogP contribution in [0.5, 0.6) is 11.5 Å². The molecule has 0 amide bonds. The molecule has 2 rings (SSSR count). The van der Waals surface area contributed by atoms with Crippen LogP contribution in [-0.2, 0) is 6.61 Å². The summed E-state index contributed by atoms with van der Waals surface area (Å²) >= 11 is 3.27. The van der Waals surface area contributed by atoms with E-state index in [2.05, 4.69) is 21.1 Å². The third-order valence-electron chi connectivity index (χ3n) is 2.51. The number of nitrogens with zero attached hydrogens (tertiary/aromatic N) is 1. The lowest BCUT2D eigenvalue weighted by Gasteiger charge is -2.12. The van der Waals surface area contributed by atoms with Crippen molar-refractivity contribution >= 4 is 21.9 Å². The monoisotopic (exact) mass is 341 g/mol. The number of rotatable bonds is 5. The standard InChI is InChI=1S/C13H12BrNO5/c1-7-3-9(20-15-7)6-19-12-10(14)4-8(13(16)17)5-11(12)18-2/h3-5H,6H2,1-2H3,(H,16,17). The van der Waals surface area contributed by atoms with E-state index in [-0.39, 0.29) is 12.2 Å². The predicted molar refractivity (Wildman–Crippen MR) is 73.2 cm³/mol. The van der Waals surface area contributed by atoms with Gasteiger partial charge in [0.05, 0.1) is 22.8 Å². The van der Waals surface area contributed by atoms with Crippen molar-refractivity contribution in [2.45, 2.75) is 13.5 Å². The van der Waals surface area contributed by atoms with Gasteiger partial charge in [-0.15, -0.1) is 0 Å². The molecule has 0 aliphatic heterocycles. The Morgan fingerprint density at radius 2 is 2.20 bits per heavy atom. The first-order chi connectivity index (χ1) is 9.51. The van der Waals surface area contributed by atoms with Gasteiger partial charge in [0.2, 0.25) is 0 Å². The molecule has 0 atom stereocenters. The molecule has 106 valence electrons. The maximum atomic E-state index is 11.0. The third-order valence-corrected chi connectivity index (χ3v) is 3.10. The summed E-state index contributed by atoms with van der Waals surface area (Å²) in [6, 6.07) is 4.60. The normalized spacial score (nSPS) is 10.3. The minimum absolute atomic E-state index is 0.108. The summed E-state index contributed by atoms with van der Waals surface area (Å²) in [5, 5.41) is 12.7. The molecule has 0 saturated carbocycles. The zero-order chi connectivity index (χ0) is 14.7. The molecule has 0 fully saturated rings. The van der Waals surface area contributed by atoms with Crippen molar-refractivity contribution in [1.82, 2.24) is 5.16 Å². The van der Waals surface area contributed by atoms with Gasteiger partial charge < -0.3 is 19.1 Å². The highest BCUT2D eigenvalue weighted by molar-refractivity contribution is 9.10. The summed E-state index contributed by atoms with van der Waals surface area (Å²) in [6.07, 6.45) is 0. The van der Waals surface area contributed by atoms with Crippen molar-refractivity contribution in [2.75, 3.05) is 7.11 Å². The first-order valence-corrected chi connectivity index (χ1v) is 6.46. The van der Waals surface area contributed by atoms with Crippen molar-refractivity contribution in [2.24, 2.45) is 0 Å². The van der Waals surface area contributed by atoms with Crippen LogP contribution in [0.1, 0.15) is 21.8 Å². The number of carboxylic acid groups (broad SMARTS) is 1. The van der Waals surface area contributed by atoms with E-state index in [4.69, 9.17) is 19.1 Å². The van der Waals surface area contributed by atoms with Gasteiger partial charge in [-0.05, 0) is 35.0 Å². The molecule has 1 N–H and O–H groups in total. The number of hydrogen-bond donors (Lipinski definition) is 1. The summed E-state index contributed by atoms with van der Waals surface area (Å²) in [4.78, 5) is 11.0. The topological polar surface area (TPSA) is 81.8 Å². The van der Waals surface area contributed by atoms with Gasteiger partial charge in [-0.2, -0.15) is 0 Å². The molecule has 0 saturated heterocycles. The minimum atomic E-state index is -1.04. The van der Waals surface area contributed by atoms with Crippen LogP contribution in [0.15, 0.2) is 27.2 Å². The lowest BCUT2D eigenvalue weighted by Crippen LogP contribution is -2.01. The second-order valence-electron chi connectivity index (χ2n) is 4.02. The van der Waals surface area contributed by atoms with Crippen molar-refractivity contribution in [3.8, 4) is 11.5 Å². The maximum Gasteiger partial charge on any atom is 0.335 e. The molecule has 20 heavy (non-hydrogen) atoms. The van der Waals surface area contributed by atoms with Gasteiger partial charge in [-0.25, -0.2) is 4.79 Å². The van der Waals surface area contributed by atoms with Crippen LogP contribution in [0.3, 0.4) is 0 Å². The third kappa shape index (κ3) is 3.11. The summed E-state index contributed by atoms with van der Waals surface area (Å²) in [5.74, 6) is 0.264. The van der Waals surface area contributed by atoms with Crippen LogP contribution in [0.25, 0.3) is 0 Å². The van der Waals surface area contributed by atoms with Crippen LogP contribution in [0.4, 0.5) is 0 Å². The van der Waals surface area contributed by atoms with E-state index in [9.17, 15) is 4.79 Å². The van der Waals surface area contributed by atoms with Crippen LogP contribution in [-0.4, -0.2) is 23.3 Å². The van der Waals surface area contributed by atoms with E-state index in [1.54, 1.807) is 6.07 Å². The molecule has 0 unspecified atom stereocenters. The second-order valence-corrected chi connectivity index (χ2v) is 4.87. The number of ether oxygens (including phenoxy) is 2. The van der Waals surface area contributed by atoms with Crippen LogP contribution in [0, 0.1) is 6.92 Å². The number of methoxy groups -OCH3 is 1. The second kappa shape index (κ2) is 5.96. The van der Waals surface area contributed by atoms with Gasteiger partial charge in [-0.1, -0.05) is 5.16 Å². The molecular formula is C13H12BrNO5. The number of aromatic nitrogens is 1. The van der Waals surface area contributed by atoms with Gasteiger partial charge in [-0.3, -0.25) is 0 Å². The molecule has 6 nitrogen and oxygen atoms in total. The molecule has 2 aromatic rings. The lowest BCUT2D eigenvalue weighted by molar-refractivity contribution is 0.0696. The lowest BCUT2D eigenvalue weighted by atomic mass is 10.2. The Hall–Kier alpha value is -2.02. The maximum absolute atomic E-state index is 11.0. The van der Waals surface area contributed by atoms with Gasteiger partial charge in [0.25, 0.3) is 0 Å². The van der Waals surface area contributed by atoms with E-state index < -0.39 is 5.97 Å². The Morgan fingerprint density at radius 3 is 2.75 bits per heavy atom. The first kappa shape index (κ1) is 14.4. The van der Waals surface area contributed by atoms with Gasteiger partial charge in [0.1, 0.15) is 6.61 Å². The van der Waals surface area contributed by atoms with E-state index in [0.717, 1.165) is 5.69 Å². The number of benzene rings is 1. The van der Waals surface area contributed by atoms with Crippen molar-refractivity contribution < 1.29 is 23.9 Å². The Labute approximate surface area is 123 Å². The number of hydrogen-bond acceptors (Lipinski definition) is 5. The molecule has 0 aliphatic carbocycles. The van der Waals surface area contributed by atoms with Crippen molar-refractivity contribution in [1.29, 1.82) is 0 Å². The molecular weight excluding hydrogens is 330 g/mol. The molecule has 0 bridgehead atoms. The fraction of sp³-hybridized carbons (Fsp3) is 0.231. The predicted octanol–water partition coefficient (Wildman–Crippen LogP) is 3.03. The molecule has 7 heteroatoms. The summed E-state index contributed by atoms with van der Waals surface area (Å²) < 4.78 is 16.3. The Bertz CT molecular complexity index is 638. The number of aryl methyl sites for hydroxylation is 1.